The minimum Gasteiger partial charge on any atom is -0.478 e. The SMILES string of the molecule is CC(C)(C)[Si](C)(C)OCC1=CCC2C(C(=O)O)=COC(O)[C@H]12. The van der Waals surface area contributed by atoms with Gasteiger partial charge in [0.2, 0.25) is 6.29 Å². The van der Waals surface area contributed by atoms with E-state index >= 15 is 0 Å². The molecule has 5 nitrogen and oxygen atoms in total. The molecule has 3 atom stereocenters. The lowest BCUT2D eigenvalue weighted by Gasteiger charge is -2.37. The third-order valence-corrected chi connectivity index (χ3v) is 9.67. The van der Waals surface area contributed by atoms with Crippen LogP contribution in [-0.4, -0.2) is 37.4 Å². The Morgan fingerprint density at radius 2 is 2.09 bits per heavy atom. The largest absolute Gasteiger partial charge is 0.478 e. The summed E-state index contributed by atoms with van der Waals surface area (Å²) in [5.41, 5.74) is 1.18. The number of rotatable bonds is 4. The van der Waals surface area contributed by atoms with E-state index in [1.54, 1.807) is 0 Å². The first-order chi connectivity index (χ1) is 10.0. The summed E-state index contributed by atoms with van der Waals surface area (Å²) in [5.74, 6) is -1.53. The maximum atomic E-state index is 11.3. The Bertz CT molecular complexity index is 515. The second kappa shape index (κ2) is 5.83. The predicted molar refractivity (Wildman–Crippen MR) is 85.6 cm³/mol. The maximum absolute atomic E-state index is 11.3. The van der Waals surface area contributed by atoms with E-state index in [0.29, 0.717) is 13.0 Å². The number of aliphatic hydroxyl groups excluding tert-OH is 1. The van der Waals surface area contributed by atoms with Crippen molar-refractivity contribution in [3.8, 4) is 0 Å². The van der Waals surface area contributed by atoms with Gasteiger partial charge in [0.05, 0.1) is 24.4 Å². The Morgan fingerprint density at radius 3 is 2.64 bits per heavy atom. The molecule has 2 aliphatic rings. The number of aliphatic hydroxyl groups is 1. The van der Waals surface area contributed by atoms with Crippen LogP contribution >= 0.6 is 0 Å². The topological polar surface area (TPSA) is 76.0 Å². The number of carboxylic acid groups (broad SMARTS) is 1. The van der Waals surface area contributed by atoms with Crippen LogP contribution < -0.4 is 0 Å². The number of ether oxygens (including phenoxy) is 1. The van der Waals surface area contributed by atoms with Gasteiger partial charge in [-0.2, -0.15) is 0 Å². The molecule has 1 aliphatic carbocycles. The first-order valence-electron chi connectivity index (χ1n) is 7.64. The molecular formula is C16H26O5Si. The van der Waals surface area contributed by atoms with Crippen LogP contribution in [0.5, 0.6) is 0 Å². The zero-order valence-corrected chi connectivity index (χ0v) is 14.9. The molecule has 0 aromatic carbocycles. The average Bonchev–Trinajstić information content (AvgIpc) is 2.80. The van der Waals surface area contributed by atoms with E-state index in [0.717, 1.165) is 5.57 Å². The zero-order chi connectivity index (χ0) is 16.7. The van der Waals surface area contributed by atoms with Gasteiger partial charge in [0.1, 0.15) is 0 Å². The fourth-order valence-corrected chi connectivity index (χ4v) is 3.64. The number of hydrogen-bond donors (Lipinski definition) is 2. The first-order valence-corrected chi connectivity index (χ1v) is 10.5. The molecule has 2 unspecified atom stereocenters. The van der Waals surface area contributed by atoms with E-state index < -0.39 is 20.6 Å². The normalized spacial score (nSPS) is 28.5. The average molecular weight is 326 g/mol. The van der Waals surface area contributed by atoms with Gasteiger partial charge >= 0.3 is 5.97 Å². The molecule has 0 amide bonds. The van der Waals surface area contributed by atoms with Crippen molar-refractivity contribution in [3.63, 3.8) is 0 Å². The highest BCUT2D eigenvalue weighted by molar-refractivity contribution is 6.74. The molecule has 2 rings (SSSR count). The molecule has 1 heterocycles. The predicted octanol–water partition coefficient (Wildman–Crippen LogP) is 2.89. The molecule has 0 radical (unpaired) electrons. The van der Waals surface area contributed by atoms with Gasteiger partial charge in [-0.3, -0.25) is 0 Å². The van der Waals surface area contributed by atoms with Gasteiger partial charge in [-0.15, -0.1) is 0 Å². The van der Waals surface area contributed by atoms with Crippen molar-refractivity contribution < 1.29 is 24.2 Å². The summed E-state index contributed by atoms with van der Waals surface area (Å²) in [6.07, 6.45) is 2.79. The van der Waals surface area contributed by atoms with E-state index in [9.17, 15) is 15.0 Å². The summed E-state index contributed by atoms with van der Waals surface area (Å²) in [6, 6.07) is 0. The Hall–Kier alpha value is -1.11. The van der Waals surface area contributed by atoms with Crippen molar-refractivity contribution in [1.82, 2.24) is 0 Å². The summed E-state index contributed by atoms with van der Waals surface area (Å²) < 4.78 is 11.3. The standard InChI is InChI=1S/C16H26O5Si/c1-16(2,3)22(4,5)21-8-10-6-7-11-12(14(17)18)9-20-15(19)13(10)11/h6,9,11,13,15,19H,7-8H2,1-5H3,(H,17,18)/t11?,13-,15?/m1/s1. The lowest BCUT2D eigenvalue weighted by Crippen LogP contribution is -2.42. The van der Waals surface area contributed by atoms with E-state index in [-0.39, 0.29) is 22.4 Å². The molecule has 0 fully saturated rings. The molecule has 0 bridgehead atoms. The number of carbonyl (C=O) groups is 1. The van der Waals surface area contributed by atoms with Crippen LogP contribution in [0.4, 0.5) is 0 Å². The van der Waals surface area contributed by atoms with Crippen LogP contribution in [0, 0.1) is 11.8 Å². The third-order valence-electron chi connectivity index (χ3n) is 5.19. The van der Waals surface area contributed by atoms with E-state index in [1.165, 1.54) is 6.26 Å². The summed E-state index contributed by atoms with van der Waals surface area (Å²) in [5, 5.41) is 19.5. The van der Waals surface area contributed by atoms with Crippen LogP contribution in [0.2, 0.25) is 18.1 Å². The van der Waals surface area contributed by atoms with Gasteiger partial charge in [-0.05, 0) is 30.1 Å². The van der Waals surface area contributed by atoms with E-state index in [4.69, 9.17) is 9.16 Å². The minimum absolute atomic E-state index is 0.110. The lowest BCUT2D eigenvalue weighted by molar-refractivity contribution is -0.138. The van der Waals surface area contributed by atoms with Crippen molar-refractivity contribution >= 4 is 14.3 Å². The van der Waals surface area contributed by atoms with Gasteiger partial charge < -0.3 is 19.4 Å². The molecule has 6 heteroatoms. The van der Waals surface area contributed by atoms with Crippen LogP contribution in [0.1, 0.15) is 27.2 Å². The second-order valence-electron chi connectivity index (χ2n) is 7.60. The van der Waals surface area contributed by atoms with E-state index in [1.807, 2.05) is 6.08 Å². The van der Waals surface area contributed by atoms with Crippen molar-refractivity contribution in [3.05, 3.63) is 23.5 Å². The summed E-state index contributed by atoms with van der Waals surface area (Å²) in [7, 11) is -1.88. The molecule has 0 aromatic heterocycles. The van der Waals surface area contributed by atoms with Gasteiger partial charge in [0, 0.05) is 5.92 Å². The molecule has 0 spiro atoms. The molecule has 22 heavy (non-hydrogen) atoms. The fraction of sp³-hybridized carbons (Fsp3) is 0.688. The minimum atomic E-state index is -1.88. The first kappa shape index (κ1) is 17.2. The lowest BCUT2D eigenvalue weighted by atomic mass is 9.84. The molecule has 124 valence electrons. The van der Waals surface area contributed by atoms with Crippen molar-refractivity contribution in [2.45, 2.75) is 51.6 Å². The van der Waals surface area contributed by atoms with Gasteiger partial charge in [0.25, 0.3) is 0 Å². The molecule has 2 N–H and O–H groups in total. The Kier molecular flexibility index (Phi) is 4.57. The second-order valence-corrected chi connectivity index (χ2v) is 12.4. The fourth-order valence-electron chi connectivity index (χ4n) is 2.68. The number of aliphatic carboxylic acids is 1. The summed E-state index contributed by atoms with van der Waals surface area (Å²) in [6.45, 7) is 11.3. The quantitative estimate of drug-likeness (QED) is 0.614. The Labute approximate surface area is 132 Å². The molecule has 0 saturated heterocycles. The monoisotopic (exact) mass is 326 g/mol. The van der Waals surface area contributed by atoms with Gasteiger partial charge in [0.15, 0.2) is 8.32 Å². The molecule has 0 aromatic rings. The number of allylic oxidation sites excluding steroid dienone is 1. The van der Waals surface area contributed by atoms with E-state index in [2.05, 4.69) is 33.9 Å². The van der Waals surface area contributed by atoms with Crippen molar-refractivity contribution in [2.24, 2.45) is 11.8 Å². The van der Waals surface area contributed by atoms with Crippen LogP contribution in [0.15, 0.2) is 23.5 Å². The van der Waals surface area contributed by atoms with Crippen molar-refractivity contribution in [2.75, 3.05) is 6.61 Å². The Balaban J connectivity index is 2.09. The Morgan fingerprint density at radius 1 is 1.45 bits per heavy atom. The smallest absolute Gasteiger partial charge is 0.335 e. The molecular weight excluding hydrogens is 300 g/mol. The highest BCUT2D eigenvalue weighted by Crippen LogP contribution is 2.43. The number of carboxylic acids is 1. The highest BCUT2D eigenvalue weighted by Gasteiger charge is 2.44. The summed E-state index contributed by atoms with van der Waals surface area (Å²) >= 11 is 0. The third kappa shape index (κ3) is 3.14. The zero-order valence-electron chi connectivity index (χ0n) is 13.9. The summed E-state index contributed by atoms with van der Waals surface area (Å²) in [4.78, 5) is 11.3. The van der Waals surface area contributed by atoms with Crippen LogP contribution in [-0.2, 0) is 14.0 Å². The van der Waals surface area contributed by atoms with Crippen LogP contribution in [0.3, 0.4) is 0 Å². The number of hydrogen-bond acceptors (Lipinski definition) is 4. The van der Waals surface area contributed by atoms with Crippen LogP contribution in [0.25, 0.3) is 0 Å². The maximum Gasteiger partial charge on any atom is 0.335 e. The highest BCUT2D eigenvalue weighted by atomic mass is 28.4. The number of fused-ring (bicyclic) bond motifs is 1. The molecule has 0 saturated carbocycles. The van der Waals surface area contributed by atoms with Gasteiger partial charge in [-0.1, -0.05) is 26.8 Å². The molecule has 1 aliphatic heterocycles. The van der Waals surface area contributed by atoms with Gasteiger partial charge in [-0.25, -0.2) is 4.79 Å². The van der Waals surface area contributed by atoms with Crippen molar-refractivity contribution in [1.29, 1.82) is 0 Å².